The minimum absolute atomic E-state index is 0.334. The van der Waals surface area contributed by atoms with E-state index in [1.54, 1.807) is 24.4 Å². The van der Waals surface area contributed by atoms with E-state index in [4.69, 9.17) is 0 Å². The van der Waals surface area contributed by atoms with Gasteiger partial charge in [-0.05, 0) is 23.8 Å². The van der Waals surface area contributed by atoms with Crippen LogP contribution in [-0.4, -0.2) is 23.0 Å². The first-order valence-electron chi connectivity index (χ1n) is 5.47. The number of hydrogen-bond donors (Lipinski definition) is 1. The Labute approximate surface area is 105 Å². The molecular formula is C13H13N3O2. The van der Waals surface area contributed by atoms with Gasteiger partial charge in [0.2, 0.25) is 0 Å². The SMILES string of the molecule is COC(=O)c1cccc(CNc2ccncn2)c1. The summed E-state index contributed by atoms with van der Waals surface area (Å²) in [6, 6.07) is 9.05. The lowest BCUT2D eigenvalue weighted by Gasteiger charge is -2.06. The Morgan fingerprint density at radius 3 is 3.00 bits per heavy atom. The Morgan fingerprint density at radius 2 is 2.28 bits per heavy atom. The lowest BCUT2D eigenvalue weighted by atomic mass is 10.1. The number of aromatic nitrogens is 2. The molecule has 92 valence electrons. The molecule has 1 aromatic carbocycles. The van der Waals surface area contributed by atoms with Gasteiger partial charge in [0.05, 0.1) is 12.7 Å². The van der Waals surface area contributed by atoms with Crippen LogP contribution in [-0.2, 0) is 11.3 Å². The zero-order chi connectivity index (χ0) is 12.8. The molecule has 1 aromatic heterocycles. The molecule has 1 N–H and O–H groups in total. The van der Waals surface area contributed by atoms with Crippen molar-refractivity contribution in [3.8, 4) is 0 Å². The van der Waals surface area contributed by atoms with Crippen molar-refractivity contribution in [2.45, 2.75) is 6.54 Å². The molecule has 0 amide bonds. The highest BCUT2D eigenvalue weighted by molar-refractivity contribution is 5.89. The highest BCUT2D eigenvalue weighted by Gasteiger charge is 2.05. The van der Waals surface area contributed by atoms with Crippen molar-refractivity contribution in [2.75, 3.05) is 12.4 Å². The van der Waals surface area contributed by atoms with Crippen LogP contribution in [0.1, 0.15) is 15.9 Å². The Balaban J connectivity index is 2.04. The molecule has 0 saturated heterocycles. The van der Waals surface area contributed by atoms with Crippen molar-refractivity contribution in [3.05, 3.63) is 54.0 Å². The van der Waals surface area contributed by atoms with Gasteiger partial charge in [-0.15, -0.1) is 0 Å². The first-order valence-corrected chi connectivity index (χ1v) is 5.47. The van der Waals surface area contributed by atoms with Crippen molar-refractivity contribution in [3.63, 3.8) is 0 Å². The van der Waals surface area contributed by atoms with E-state index in [1.807, 2.05) is 12.1 Å². The van der Waals surface area contributed by atoms with Crippen molar-refractivity contribution >= 4 is 11.8 Å². The quantitative estimate of drug-likeness (QED) is 0.830. The van der Waals surface area contributed by atoms with Gasteiger partial charge < -0.3 is 10.1 Å². The van der Waals surface area contributed by atoms with Crippen LogP contribution in [0, 0.1) is 0 Å². The van der Waals surface area contributed by atoms with Crippen LogP contribution in [0.15, 0.2) is 42.9 Å². The number of benzene rings is 1. The Hall–Kier alpha value is -2.43. The highest BCUT2D eigenvalue weighted by Crippen LogP contribution is 2.08. The van der Waals surface area contributed by atoms with Gasteiger partial charge in [0.25, 0.3) is 0 Å². The molecule has 5 nitrogen and oxygen atoms in total. The number of anilines is 1. The number of ether oxygens (including phenoxy) is 1. The lowest BCUT2D eigenvalue weighted by Crippen LogP contribution is -2.05. The van der Waals surface area contributed by atoms with Crippen molar-refractivity contribution < 1.29 is 9.53 Å². The van der Waals surface area contributed by atoms with Gasteiger partial charge in [-0.2, -0.15) is 0 Å². The van der Waals surface area contributed by atoms with Crippen LogP contribution in [0.2, 0.25) is 0 Å². The molecule has 2 rings (SSSR count). The third kappa shape index (κ3) is 3.04. The maximum absolute atomic E-state index is 11.4. The summed E-state index contributed by atoms with van der Waals surface area (Å²) in [6.07, 6.45) is 3.15. The van der Waals surface area contributed by atoms with Gasteiger partial charge in [-0.25, -0.2) is 14.8 Å². The number of nitrogens with zero attached hydrogens (tertiary/aromatic N) is 2. The average Bonchev–Trinajstić information content (AvgIpc) is 2.45. The minimum atomic E-state index is -0.334. The highest BCUT2D eigenvalue weighted by atomic mass is 16.5. The molecule has 0 fully saturated rings. The molecule has 0 atom stereocenters. The molecule has 0 spiro atoms. The summed E-state index contributed by atoms with van der Waals surface area (Å²) in [5.74, 6) is 0.410. The van der Waals surface area contributed by atoms with E-state index in [-0.39, 0.29) is 5.97 Å². The van der Waals surface area contributed by atoms with E-state index < -0.39 is 0 Å². The van der Waals surface area contributed by atoms with Crippen molar-refractivity contribution in [1.82, 2.24) is 9.97 Å². The number of esters is 1. The van der Waals surface area contributed by atoms with E-state index in [9.17, 15) is 4.79 Å². The van der Waals surface area contributed by atoms with Gasteiger partial charge in [-0.1, -0.05) is 12.1 Å². The summed E-state index contributed by atoms with van der Waals surface area (Å²) in [4.78, 5) is 19.3. The molecule has 0 unspecified atom stereocenters. The van der Waals surface area contributed by atoms with Crippen LogP contribution in [0.5, 0.6) is 0 Å². The smallest absolute Gasteiger partial charge is 0.337 e. The van der Waals surface area contributed by atoms with Gasteiger partial charge >= 0.3 is 5.97 Å². The van der Waals surface area contributed by atoms with Crippen LogP contribution < -0.4 is 5.32 Å². The Morgan fingerprint density at radius 1 is 1.39 bits per heavy atom. The fourth-order valence-electron chi connectivity index (χ4n) is 1.51. The molecule has 1 heterocycles. The van der Waals surface area contributed by atoms with Gasteiger partial charge in [-0.3, -0.25) is 0 Å². The number of carbonyl (C=O) groups is 1. The fourth-order valence-corrected chi connectivity index (χ4v) is 1.51. The number of rotatable bonds is 4. The van der Waals surface area contributed by atoms with Crippen LogP contribution in [0.3, 0.4) is 0 Å². The van der Waals surface area contributed by atoms with Crippen LogP contribution in [0.25, 0.3) is 0 Å². The first-order chi connectivity index (χ1) is 8.79. The molecular weight excluding hydrogens is 230 g/mol. The second-order valence-electron chi connectivity index (χ2n) is 3.64. The summed E-state index contributed by atoms with van der Waals surface area (Å²) in [5.41, 5.74) is 1.52. The van der Waals surface area contributed by atoms with Crippen LogP contribution >= 0.6 is 0 Å². The maximum atomic E-state index is 11.4. The lowest BCUT2D eigenvalue weighted by molar-refractivity contribution is 0.0600. The molecule has 0 aliphatic heterocycles. The summed E-state index contributed by atoms with van der Waals surface area (Å²) >= 11 is 0. The predicted octanol–water partition coefficient (Wildman–Crippen LogP) is 1.88. The molecule has 0 bridgehead atoms. The minimum Gasteiger partial charge on any atom is -0.465 e. The molecule has 0 aliphatic rings. The Kier molecular flexibility index (Phi) is 3.86. The summed E-state index contributed by atoms with van der Waals surface area (Å²) in [5, 5.41) is 3.14. The summed E-state index contributed by atoms with van der Waals surface area (Å²) in [6.45, 7) is 0.585. The van der Waals surface area contributed by atoms with E-state index >= 15 is 0 Å². The van der Waals surface area contributed by atoms with E-state index in [0.717, 1.165) is 11.4 Å². The summed E-state index contributed by atoms with van der Waals surface area (Å²) < 4.78 is 4.67. The van der Waals surface area contributed by atoms with Gasteiger partial charge in [0, 0.05) is 12.7 Å². The third-order valence-corrected chi connectivity index (χ3v) is 2.40. The van der Waals surface area contributed by atoms with Gasteiger partial charge in [0.1, 0.15) is 12.1 Å². The normalized spacial score (nSPS) is 9.83. The predicted molar refractivity (Wildman–Crippen MR) is 67.1 cm³/mol. The third-order valence-electron chi connectivity index (χ3n) is 2.40. The topological polar surface area (TPSA) is 64.1 Å². The molecule has 18 heavy (non-hydrogen) atoms. The number of hydrogen-bond acceptors (Lipinski definition) is 5. The monoisotopic (exact) mass is 243 g/mol. The average molecular weight is 243 g/mol. The van der Waals surface area contributed by atoms with E-state index in [2.05, 4.69) is 20.0 Å². The standard InChI is InChI=1S/C13H13N3O2/c1-18-13(17)11-4-2-3-10(7-11)8-15-12-5-6-14-9-16-12/h2-7,9H,8H2,1H3,(H,14,15,16). The van der Waals surface area contributed by atoms with Crippen molar-refractivity contribution in [2.24, 2.45) is 0 Å². The largest absolute Gasteiger partial charge is 0.465 e. The number of nitrogens with one attached hydrogen (secondary N) is 1. The van der Waals surface area contributed by atoms with Gasteiger partial charge in [0.15, 0.2) is 0 Å². The molecule has 2 aromatic rings. The van der Waals surface area contributed by atoms with E-state index in [1.165, 1.54) is 13.4 Å². The summed E-state index contributed by atoms with van der Waals surface area (Å²) in [7, 11) is 1.37. The second kappa shape index (κ2) is 5.77. The Bertz CT molecular complexity index is 529. The number of methoxy groups -OCH3 is 1. The molecule has 5 heteroatoms. The zero-order valence-electron chi connectivity index (χ0n) is 9.96. The fraction of sp³-hybridized carbons (Fsp3) is 0.154. The van der Waals surface area contributed by atoms with Crippen LogP contribution in [0.4, 0.5) is 5.82 Å². The van der Waals surface area contributed by atoms with E-state index in [0.29, 0.717) is 12.1 Å². The molecule has 0 radical (unpaired) electrons. The molecule has 0 aliphatic carbocycles. The van der Waals surface area contributed by atoms with Crippen molar-refractivity contribution in [1.29, 1.82) is 0 Å². The maximum Gasteiger partial charge on any atom is 0.337 e. The zero-order valence-corrected chi connectivity index (χ0v) is 9.96. The number of carbonyl (C=O) groups excluding carboxylic acids is 1. The second-order valence-corrected chi connectivity index (χ2v) is 3.64. The molecule has 0 saturated carbocycles. The first kappa shape index (κ1) is 12.0.